The second-order valence-electron chi connectivity index (χ2n) is 4.34. The van der Waals surface area contributed by atoms with Gasteiger partial charge in [-0.05, 0) is 30.7 Å². The molecule has 0 spiro atoms. The molecule has 4 nitrogen and oxygen atoms in total. The van der Waals surface area contributed by atoms with Crippen LogP contribution in [-0.4, -0.2) is 12.1 Å². The van der Waals surface area contributed by atoms with Crippen molar-refractivity contribution >= 4 is 0 Å². The zero-order valence-electron chi connectivity index (χ0n) is 11.2. The number of hydrogen-bond acceptors (Lipinski definition) is 4. The summed E-state index contributed by atoms with van der Waals surface area (Å²) >= 11 is 0. The van der Waals surface area contributed by atoms with Crippen molar-refractivity contribution in [1.29, 1.82) is 0 Å². The molecule has 0 unspecified atom stereocenters. The number of nitrogens with two attached hydrogens (primary N) is 1. The van der Waals surface area contributed by atoms with Crippen molar-refractivity contribution in [3.63, 3.8) is 0 Å². The summed E-state index contributed by atoms with van der Waals surface area (Å²) in [6.45, 7) is 2.41. The highest BCUT2D eigenvalue weighted by Gasteiger charge is 2.09. The minimum absolute atomic E-state index is 0.0849. The van der Waals surface area contributed by atoms with Crippen LogP contribution >= 0.6 is 0 Å². The van der Waals surface area contributed by atoms with Gasteiger partial charge in [-0.3, -0.25) is 4.98 Å². The lowest BCUT2D eigenvalue weighted by molar-refractivity contribution is 0.299. The van der Waals surface area contributed by atoms with Crippen LogP contribution in [0.25, 0.3) is 0 Å². The van der Waals surface area contributed by atoms with Gasteiger partial charge in [0.1, 0.15) is 18.1 Å². The average Bonchev–Trinajstić information content (AvgIpc) is 2.45. The predicted octanol–water partition coefficient (Wildman–Crippen LogP) is 2.69. The van der Waals surface area contributed by atoms with E-state index in [1.807, 2.05) is 37.3 Å². The van der Waals surface area contributed by atoms with Crippen LogP contribution in [0.4, 0.5) is 0 Å². The van der Waals surface area contributed by atoms with Gasteiger partial charge in [-0.25, -0.2) is 0 Å². The lowest BCUT2D eigenvalue weighted by Gasteiger charge is -2.15. The first-order chi connectivity index (χ1) is 9.20. The van der Waals surface area contributed by atoms with Gasteiger partial charge in [0.05, 0.1) is 7.11 Å². The van der Waals surface area contributed by atoms with E-state index in [0.717, 1.165) is 22.6 Å². The quantitative estimate of drug-likeness (QED) is 0.895. The van der Waals surface area contributed by atoms with E-state index >= 15 is 0 Å². The summed E-state index contributed by atoms with van der Waals surface area (Å²) in [5, 5.41) is 0. The number of ether oxygens (including phenoxy) is 2. The first kappa shape index (κ1) is 13.4. The molecule has 0 saturated carbocycles. The Bertz CT molecular complexity index is 527. The Hall–Kier alpha value is -2.07. The Kier molecular flexibility index (Phi) is 4.36. The third-order valence-corrected chi connectivity index (χ3v) is 2.85. The molecule has 1 aromatic carbocycles. The number of hydrogen-bond donors (Lipinski definition) is 1. The van der Waals surface area contributed by atoms with Gasteiger partial charge in [0.15, 0.2) is 0 Å². The second kappa shape index (κ2) is 6.20. The van der Waals surface area contributed by atoms with Crippen LogP contribution in [-0.2, 0) is 6.61 Å². The van der Waals surface area contributed by atoms with E-state index in [9.17, 15) is 0 Å². The molecule has 1 aromatic heterocycles. The molecule has 2 N–H and O–H groups in total. The molecule has 0 aliphatic heterocycles. The van der Waals surface area contributed by atoms with E-state index in [2.05, 4.69) is 4.98 Å². The van der Waals surface area contributed by atoms with Crippen LogP contribution in [0.5, 0.6) is 11.5 Å². The number of aromatic nitrogens is 1. The average molecular weight is 258 g/mol. The maximum atomic E-state index is 5.94. The van der Waals surface area contributed by atoms with Crippen molar-refractivity contribution in [3.05, 3.63) is 53.9 Å². The van der Waals surface area contributed by atoms with E-state index in [1.165, 1.54) is 0 Å². The molecular formula is C15H18N2O2. The molecule has 0 fully saturated rings. The van der Waals surface area contributed by atoms with Crippen LogP contribution in [0.1, 0.15) is 24.1 Å². The molecule has 0 aliphatic carbocycles. The lowest BCUT2D eigenvalue weighted by atomic mass is 10.1. The highest BCUT2D eigenvalue weighted by Crippen LogP contribution is 2.29. The second-order valence-corrected chi connectivity index (χ2v) is 4.34. The van der Waals surface area contributed by atoms with E-state index in [1.54, 1.807) is 19.5 Å². The third-order valence-electron chi connectivity index (χ3n) is 2.85. The minimum Gasteiger partial charge on any atom is -0.497 e. The summed E-state index contributed by atoms with van der Waals surface area (Å²) in [5.74, 6) is 1.51. The fraction of sp³-hybridized carbons (Fsp3) is 0.267. The van der Waals surface area contributed by atoms with Crippen molar-refractivity contribution in [2.24, 2.45) is 5.73 Å². The summed E-state index contributed by atoms with van der Waals surface area (Å²) in [7, 11) is 1.63. The van der Waals surface area contributed by atoms with Crippen LogP contribution < -0.4 is 15.2 Å². The molecule has 0 bridgehead atoms. The number of nitrogens with zero attached hydrogens (tertiary/aromatic N) is 1. The Morgan fingerprint density at radius 1 is 1.21 bits per heavy atom. The molecule has 2 aromatic rings. The van der Waals surface area contributed by atoms with Crippen LogP contribution in [0.3, 0.4) is 0 Å². The Balaban J connectivity index is 2.18. The smallest absolute Gasteiger partial charge is 0.128 e. The van der Waals surface area contributed by atoms with Crippen LogP contribution in [0, 0.1) is 0 Å². The zero-order chi connectivity index (χ0) is 13.7. The maximum absolute atomic E-state index is 5.94. The molecule has 1 heterocycles. The molecule has 0 amide bonds. The molecule has 0 saturated heterocycles. The first-order valence-electron chi connectivity index (χ1n) is 6.16. The summed E-state index contributed by atoms with van der Waals surface area (Å²) in [5.41, 5.74) is 7.98. The highest BCUT2D eigenvalue weighted by molar-refractivity contribution is 5.42. The third kappa shape index (κ3) is 3.45. The standard InChI is InChI=1S/C15H18N2O2/c1-11(16)14-4-3-13(18-2)9-15(14)19-10-12-5-7-17-8-6-12/h3-9,11H,10,16H2,1-2H3/t11-/m0/s1. The van der Waals surface area contributed by atoms with Crippen LogP contribution in [0.15, 0.2) is 42.7 Å². The van der Waals surface area contributed by atoms with Crippen molar-refractivity contribution in [1.82, 2.24) is 4.98 Å². The Labute approximate surface area is 113 Å². The zero-order valence-corrected chi connectivity index (χ0v) is 11.2. The maximum Gasteiger partial charge on any atom is 0.128 e. The van der Waals surface area contributed by atoms with Gasteiger partial charge >= 0.3 is 0 Å². The van der Waals surface area contributed by atoms with Gasteiger partial charge in [0.2, 0.25) is 0 Å². The fourth-order valence-electron chi connectivity index (χ4n) is 1.78. The van der Waals surface area contributed by atoms with Crippen molar-refractivity contribution in [2.75, 3.05) is 7.11 Å². The molecule has 19 heavy (non-hydrogen) atoms. The SMILES string of the molecule is COc1ccc([C@H](C)N)c(OCc2ccncc2)c1. The Morgan fingerprint density at radius 2 is 1.95 bits per heavy atom. The molecule has 0 aliphatic rings. The van der Waals surface area contributed by atoms with Gasteiger partial charge in [0.25, 0.3) is 0 Å². The molecule has 0 radical (unpaired) electrons. The van der Waals surface area contributed by atoms with Gasteiger partial charge < -0.3 is 15.2 Å². The highest BCUT2D eigenvalue weighted by atomic mass is 16.5. The normalized spacial score (nSPS) is 11.9. The summed E-state index contributed by atoms with van der Waals surface area (Å²) in [6.07, 6.45) is 3.49. The van der Waals surface area contributed by atoms with Gasteiger partial charge in [0, 0.05) is 30.1 Å². The summed E-state index contributed by atoms with van der Waals surface area (Å²) < 4.78 is 11.1. The number of methoxy groups -OCH3 is 1. The molecule has 2 rings (SSSR count). The van der Waals surface area contributed by atoms with Gasteiger partial charge in [-0.1, -0.05) is 6.07 Å². The lowest BCUT2D eigenvalue weighted by Crippen LogP contribution is -2.08. The number of benzene rings is 1. The summed E-state index contributed by atoms with van der Waals surface area (Å²) in [4.78, 5) is 3.98. The molecular weight excluding hydrogens is 240 g/mol. The van der Waals surface area contributed by atoms with E-state index < -0.39 is 0 Å². The van der Waals surface area contributed by atoms with Crippen molar-refractivity contribution in [2.45, 2.75) is 19.6 Å². The largest absolute Gasteiger partial charge is 0.497 e. The van der Waals surface area contributed by atoms with Gasteiger partial charge in [-0.15, -0.1) is 0 Å². The first-order valence-corrected chi connectivity index (χ1v) is 6.16. The number of pyridine rings is 1. The monoisotopic (exact) mass is 258 g/mol. The fourth-order valence-corrected chi connectivity index (χ4v) is 1.78. The predicted molar refractivity (Wildman–Crippen MR) is 74.2 cm³/mol. The van der Waals surface area contributed by atoms with Crippen molar-refractivity contribution in [3.8, 4) is 11.5 Å². The summed E-state index contributed by atoms with van der Waals surface area (Å²) in [6, 6.07) is 9.44. The number of rotatable bonds is 5. The minimum atomic E-state index is -0.0849. The van der Waals surface area contributed by atoms with Crippen molar-refractivity contribution < 1.29 is 9.47 Å². The van der Waals surface area contributed by atoms with Crippen LogP contribution in [0.2, 0.25) is 0 Å². The molecule has 1 atom stereocenters. The topological polar surface area (TPSA) is 57.4 Å². The molecule has 4 heteroatoms. The Morgan fingerprint density at radius 3 is 2.58 bits per heavy atom. The van der Waals surface area contributed by atoms with E-state index in [4.69, 9.17) is 15.2 Å². The van der Waals surface area contributed by atoms with E-state index in [-0.39, 0.29) is 6.04 Å². The van der Waals surface area contributed by atoms with E-state index in [0.29, 0.717) is 6.61 Å². The molecule has 100 valence electrons. The van der Waals surface area contributed by atoms with Gasteiger partial charge in [-0.2, -0.15) is 0 Å².